The molecule has 0 aromatic carbocycles. The Morgan fingerprint density at radius 1 is 1.33 bits per heavy atom. The van der Waals surface area contributed by atoms with Crippen molar-refractivity contribution in [1.82, 2.24) is 10.1 Å². The molecule has 2 unspecified atom stereocenters. The monoisotopic (exact) mass is 252 g/mol. The lowest BCUT2D eigenvalue weighted by Gasteiger charge is -2.26. The van der Waals surface area contributed by atoms with Gasteiger partial charge in [0.2, 0.25) is 5.89 Å². The van der Waals surface area contributed by atoms with Crippen molar-refractivity contribution in [3.05, 3.63) is 11.7 Å². The van der Waals surface area contributed by atoms with Crippen LogP contribution in [0.2, 0.25) is 0 Å². The summed E-state index contributed by atoms with van der Waals surface area (Å²) in [5.74, 6) is 2.47. The van der Waals surface area contributed by atoms with Gasteiger partial charge in [-0.1, -0.05) is 31.8 Å². The Bertz CT molecular complexity index is 362. The van der Waals surface area contributed by atoms with Crippen molar-refractivity contribution in [2.45, 2.75) is 64.9 Å². The quantitative estimate of drug-likeness (QED) is 0.875. The molecule has 0 aliphatic heterocycles. The number of hydrogen-bond donors (Lipinski definition) is 1. The van der Waals surface area contributed by atoms with Crippen LogP contribution in [0.3, 0.4) is 0 Å². The van der Waals surface area contributed by atoms with Gasteiger partial charge in [0.25, 0.3) is 0 Å². The number of aryl methyl sites for hydroxylation is 1. The van der Waals surface area contributed by atoms with E-state index in [-0.39, 0.29) is 6.10 Å². The Balaban J connectivity index is 1.85. The Hall–Kier alpha value is -0.900. The van der Waals surface area contributed by atoms with Gasteiger partial charge in [0, 0.05) is 12.8 Å². The van der Waals surface area contributed by atoms with Crippen molar-refractivity contribution in [3.8, 4) is 0 Å². The molecule has 1 saturated carbocycles. The highest BCUT2D eigenvalue weighted by Crippen LogP contribution is 2.27. The number of aromatic nitrogens is 2. The second kappa shape index (κ2) is 6.32. The molecular formula is C14H24N2O2. The number of aliphatic hydroxyl groups excluding tert-OH is 1. The average Bonchev–Trinajstić information content (AvgIpc) is 2.77. The van der Waals surface area contributed by atoms with Crippen LogP contribution in [0.15, 0.2) is 4.52 Å². The third kappa shape index (κ3) is 3.80. The fraction of sp³-hybridized carbons (Fsp3) is 0.857. The number of rotatable bonds is 5. The summed E-state index contributed by atoms with van der Waals surface area (Å²) in [4.78, 5) is 4.42. The zero-order valence-electron chi connectivity index (χ0n) is 11.4. The minimum Gasteiger partial charge on any atom is -0.393 e. The van der Waals surface area contributed by atoms with Crippen LogP contribution in [-0.4, -0.2) is 21.4 Å². The highest BCUT2D eigenvalue weighted by molar-refractivity contribution is 4.90. The van der Waals surface area contributed by atoms with Crippen LogP contribution < -0.4 is 0 Å². The number of nitrogens with zero attached hydrogens (tertiary/aromatic N) is 2. The van der Waals surface area contributed by atoms with E-state index in [9.17, 15) is 5.11 Å². The predicted octanol–water partition coefficient (Wildman–Crippen LogP) is 2.75. The van der Waals surface area contributed by atoms with Gasteiger partial charge in [0.1, 0.15) is 0 Å². The molecule has 0 saturated heterocycles. The Morgan fingerprint density at radius 2 is 2.11 bits per heavy atom. The maximum Gasteiger partial charge on any atom is 0.227 e. The molecular weight excluding hydrogens is 228 g/mol. The van der Waals surface area contributed by atoms with E-state index in [0.717, 1.165) is 44.3 Å². The van der Waals surface area contributed by atoms with E-state index in [1.165, 1.54) is 6.42 Å². The number of aliphatic hydroxyl groups is 1. The van der Waals surface area contributed by atoms with Gasteiger partial charge in [-0.3, -0.25) is 0 Å². The summed E-state index contributed by atoms with van der Waals surface area (Å²) in [5, 5.41) is 13.9. The second-order valence-corrected chi connectivity index (χ2v) is 5.85. The van der Waals surface area contributed by atoms with Gasteiger partial charge in [-0.15, -0.1) is 0 Å². The molecule has 2 atom stereocenters. The molecule has 1 aliphatic rings. The third-order valence-electron chi connectivity index (χ3n) is 3.76. The predicted molar refractivity (Wildman–Crippen MR) is 69.1 cm³/mol. The molecule has 1 aromatic rings. The largest absolute Gasteiger partial charge is 0.393 e. The Kier molecular flexibility index (Phi) is 4.75. The van der Waals surface area contributed by atoms with Gasteiger partial charge in [0.15, 0.2) is 5.82 Å². The van der Waals surface area contributed by atoms with Gasteiger partial charge < -0.3 is 9.63 Å². The smallest absolute Gasteiger partial charge is 0.227 e. The summed E-state index contributed by atoms with van der Waals surface area (Å²) >= 11 is 0. The average molecular weight is 252 g/mol. The maximum absolute atomic E-state index is 9.92. The van der Waals surface area contributed by atoms with Crippen molar-refractivity contribution in [1.29, 1.82) is 0 Å². The Labute approximate surface area is 109 Å². The highest BCUT2D eigenvalue weighted by Gasteiger charge is 2.25. The summed E-state index contributed by atoms with van der Waals surface area (Å²) in [5.41, 5.74) is 0. The molecule has 1 aliphatic carbocycles. The van der Waals surface area contributed by atoms with Crippen molar-refractivity contribution < 1.29 is 9.63 Å². The fourth-order valence-corrected chi connectivity index (χ4v) is 2.54. The van der Waals surface area contributed by atoms with Crippen LogP contribution in [0.25, 0.3) is 0 Å². The summed E-state index contributed by atoms with van der Waals surface area (Å²) in [6.45, 7) is 4.39. The standard InChI is InChI=1S/C14H24N2O2/c1-10(2)7-8-13-15-14(18-16-13)9-11-5-3-4-6-12(11)17/h10-12,17H,3-9H2,1-2H3. The lowest BCUT2D eigenvalue weighted by atomic mass is 9.84. The van der Waals surface area contributed by atoms with Crippen LogP contribution in [0.4, 0.5) is 0 Å². The van der Waals surface area contributed by atoms with E-state index in [1.807, 2.05) is 0 Å². The van der Waals surface area contributed by atoms with Crippen LogP contribution >= 0.6 is 0 Å². The van der Waals surface area contributed by atoms with Crippen molar-refractivity contribution >= 4 is 0 Å². The molecule has 102 valence electrons. The van der Waals surface area contributed by atoms with E-state index in [1.54, 1.807) is 0 Å². The molecule has 2 rings (SSSR count). The van der Waals surface area contributed by atoms with Crippen LogP contribution in [-0.2, 0) is 12.8 Å². The minimum absolute atomic E-state index is 0.190. The summed E-state index contributed by atoms with van der Waals surface area (Å²) in [7, 11) is 0. The first-order valence-electron chi connectivity index (χ1n) is 7.14. The fourth-order valence-electron chi connectivity index (χ4n) is 2.54. The highest BCUT2D eigenvalue weighted by atomic mass is 16.5. The van der Waals surface area contributed by atoms with Gasteiger partial charge in [-0.05, 0) is 31.1 Å². The molecule has 1 aromatic heterocycles. The van der Waals surface area contributed by atoms with Crippen LogP contribution in [0, 0.1) is 11.8 Å². The topological polar surface area (TPSA) is 59.2 Å². The molecule has 0 amide bonds. The van der Waals surface area contributed by atoms with E-state index < -0.39 is 0 Å². The van der Waals surface area contributed by atoms with E-state index in [4.69, 9.17) is 4.52 Å². The third-order valence-corrected chi connectivity index (χ3v) is 3.76. The van der Waals surface area contributed by atoms with Gasteiger partial charge >= 0.3 is 0 Å². The van der Waals surface area contributed by atoms with Gasteiger partial charge in [-0.25, -0.2) is 0 Å². The zero-order valence-corrected chi connectivity index (χ0v) is 11.4. The summed E-state index contributed by atoms with van der Waals surface area (Å²) in [6.07, 6.45) is 6.85. The normalized spacial score (nSPS) is 24.7. The van der Waals surface area contributed by atoms with Crippen molar-refractivity contribution in [3.63, 3.8) is 0 Å². The molecule has 4 heteroatoms. The first kappa shape index (κ1) is 13.5. The summed E-state index contributed by atoms with van der Waals surface area (Å²) in [6, 6.07) is 0. The molecule has 1 fully saturated rings. The van der Waals surface area contributed by atoms with E-state index >= 15 is 0 Å². The first-order valence-corrected chi connectivity index (χ1v) is 7.14. The van der Waals surface area contributed by atoms with Crippen LogP contribution in [0.1, 0.15) is 57.7 Å². The lowest BCUT2D eigenvalue weighted by molar-refractivity contribution is 0.0657. The molecule has 0 bridgehead atoms. The SMILES string of the molecule is CC(C)CCc1noc(CC2CCCCC2O)n1. The maximum atomic E-state index is 9.92. The Morgan fingerprint density at radius 3 is 2.83 bits per heavy atom. The second-order valence-electron chi connectivity index (χ2n) is 5.85. The molecule has 4 nitrogen and oxygen atoms in total. The molecule has 0 radical (unpaired) electrons. The van der Waals surface area contributed by atoms with Gasteiger partial charge in [-0.2, -0.15) is 4.98 Å². The van der Waals surface area contributed by atoms with E-state index in [0.29, 0.717) is 17.7 Å². The molecule has 0 spiro atoms. The van der Waals surface area contributed by atoms with Crippen molar-refractivity contribution in [2.24, 2.45) is 11.8 Å². The molecule has 1 N–H and O–H groups in total. The first-order chi connectivity index (χ1) is 8.65. The summed E-state index contributed by atoms with van der Waals surface area (Å²) < 4.78 is 5.28. The molecule has 18 heavy (non-hydrogen) atoms. The zero-order chi connectivity index (χ0) is 13.0. The van der Waals surface area contributed by atoms with E-state index in [2.05, 4.69) is 24.0 Å². The number of hydrogen-bond acceptors (Lipinski definition) is 4. The minimum atomic E-state index is -0.190. The lowest BCUT2D eigenvalue weighted by Crippen LogP contribution is -2.26. The van der Waals surface area contributed by atoms with Crippen molar-refractivity contribution in [2.75, 3.05) is 0 Å². The molecule has 1 heterocycles. The van der Waals surface area contributed by atoms with Gasteiger partial charge in [0.05, 0.1) is 6.10 Å². The van der Waals surface area contributed by atoms with Crippen LogP contribution in [0.5, 0.6) is 0 Å².